The van der Waals surface area contributed by atoms with Crippen molar-refractivity contribution in [2.75, 3.05) is 0 Å². The van der Waals surface area contributed by atoms with Crippen LogP contribution in [0.3, 0.4) is 0 Å². The molecule has 1 nitrogen and oxygen atoms in total. The highest BCUT2D eigenvalue weighted by molar-refractivity contribution is 4.83. The van der Waals surface area contributed by atoms with Crippen LogP contribution < -0.4 is 0 Å². The van der Waals surface area contributed by atoms with Crippen LogP contribution in [0.2, 0.25) is 0 Å². The van der Waals surface area contributed by atoms with Crippen molar-refractivity contribution < 1.29 is 0 Å². The molecule has 0 bridgehead atoms. The van der Waals surface area contributed by atoms with Crippen LogP contribution in [-0.2, 0) is 0 Å². The van der Waals surface area contributed by atoms with E-state index in [4.69, 9.17) is 5.26 Å². The van der Waals surface area contributed by atoms with Gasteiger partial charge in [0.2, 0.25) is 0 Å². The van der Waals surface area contributed by atoms with Crippen LogP contribution in [0.1, 0.15) is 77.6 Å². The Balaban J connectivity index is 2.96. The molecule has 0 saturated carbocycles. The molecule has 0 fully saturated rings. The molecule has 0 amide bonds. The first kappa shape index (κ1) is 15.5. The molecule has 0 aromatic rings. The summed E-state index contributed by atoms with van der Waals surface area (Å²) in [5.41, 5.74) is 0. The van der Waals surface area contributed by atoms with Gasteiger partial charge in [0.25, 0.3) is 0 Å². The van der Waals surface area contributed by atoms with Gasteiger partial charge < -0.3 is 0 Å². The minimum absolute atomic E-state index is 0.00837. The molecule has 93 valence electrons. The van der Waals surface area contributed by atoms with E-state index in [-0.39, 0.29) is 5.92 Å². The smallest absolute Gasteiger partial charge is 0.0655 e. The van der Waals surface area contributed by atoms with Crippen molar-refractivity contribution >= 4 is 0 Å². The molecule has 0 aliphatic carbocycles. The monoisotopic (exact) mass is 222 g/mol. The maximum atomic E-state index is 8.57. The van der Waals surface area contributed by atoms with Crippen molar-refractivity contribution in [1.82, 2.24) is 0 Å². The van der Waals surface area contributed by atoms with Crippen molar-refractivity contribution in [2.45, 2.75) is 77.6 Å². The Morgan fingerprint density at radius 2 is 1.31 bits per heavy atom. The predicted molar refractivity (Wildman–Crippen MR) is 70.9 cm³/mol. The average Bonchev–Trinajstić information content (AvgIpc) is 2.31. The number of hydrogen-bond donors (Lipinski definition) is 0. The molecule has 0 aromatic heterocycles. The highest BCUT2D eigenvalue weighted by Crippen LogP contribution is 2.13. The lowest BCUT2D eigenvalue weighted by atomic mass is 10.0. The highest BCUT2D eigenvalue weighted by atomic mass is 14.3. The van der Waals surface area contributed by atoms with Crippen LogP contribution in [0.5, 0.6) is 0 Å². The van der Waals surface area contributed by atoms with Crippen molar-refractivity contribution in [3.8, 4) is 6.07 Å². The number of unbranched alkanes of at least 4 members (excludes halogenated alkanes) is 9. The second-order valence-electron chi connectivity index (χ2n) is 4.80. The number of nitrogens with zero attached hydrogens (tertiary/aromatic N) is 1. The van der Waals surface area contributed by atoms with Crippen molar-refractivity contribution in [3.63, 3.8) is 0 Å². The summed E-state index contributed by atoms with van der Waals surface area (Å²) in [5.74, 6) is 0.00837. The fourth-order valence-electron chi connectivity index (χ4n) is 1.94. The Labute approximate surface area is 102 Å². The first-order chi connectivity index (χ1) is 7.81. The summed E-state index contributed by atoms with van der Waals surface area (Å²) >= 11 is 0. The van der Waals surface area contributed by atoms with Gasteiger partial charge in [-0.05, 0) is 13.3 Å². The summed E-state index contributed by atoms with van der Waals surface area (Å²) in [5, 5.41) is 8.57. The zero-order chi connectivity index (χ0) is 12.1. The lowest BCUT2D eigenvalue weighted by molar-refractivity contribution is 0.539. The molecule has 0 spiro atoms. The van der Waals surface area contributed by atoms with E-state index >= 15 is 0 Å². The average molecular weight is 222 g/mol. The maximum absolute atomic E-state index is 8.57. The number of nitriles is 1. The molecule has 0 saturated heterocycles. The minimum Gasteiger partial charge on any atom is -0.198 e. The second-order valence-corrected chi connectivity index (χ2v) is 4.80. The molecule has 1 unspecified atom stereocenters. The second kappa shape index (κ2) is 12.6. The van der Waals surface area contributed by atoms with Crippen molar-refractivity contribution in [1.29, 1.82) is 5.26 Å². The van der Waals surface area contributed by atoms with Crippen molar-refractivity contribution in [2.24, 2.45) is 5.92 Å². The van der Waals surface area contributed by atoms with Gasteiger partial charge in [-0.15, -0.1) is 0 Å². The van der Waals surface area contributed by atoms with E-state index in [0.717, 1.165) is 6.42 Å². The first-order valence-corrected chi connectivity index (χ1v) is 7.04. The molecule has 1 radical (unpaired) electrons. The molecule has 0 rings (SSSR count). The van der Waals surface area contributed by atoms with E-state index in [2.05, 4.69) is 19.9 Å². The lowest BCUT2D eigenvalue weighted by Gasteiger charge is -2.03. The Bertz CT molecular complexity index is 169. The van der Waals surface area contributed by atoms with Crippen LogP contribution in [-0.4, -0.2) is 0 Å². The van der Waals surface area contributed by atoms with Gasteiger partial charge in [-0.1, -0.05) is 71.1 Å². The molecular formula is C15H28N. The van der Waals surface area contributed by atoms with E-state index in [1.165, 1.54) is 64.2 Å². The van der Waals surface area contributed by atoms with Crippen molar-refractivity contribution in [3.05, 3.63) is 6.92 Å². The standard InChI is InChI=1S/C15H28N/c1-3-4-5-6-7-8-9-10-11-12-13-15(2)14-16/h15H,2-13H2,1H3. The summed E-state index contributed by atoms with van der Waals surface area (Å²) in [6.07, 6.45) is 14.5. The summed E-state index contributed by atoms with van der Waals surface area (Å²) < 4.78 is 0. The van der Waals surface area contributed by atoms with Crippen LogP contribution in [0.25, 0.3) is 0 Å². The maximum Gasteiger partial charge on any atom is 0.0655 e. The summed E-state index contributed by atoms with van der Waals surface area (Å²) in [6, 6.07) is 2.18. The largest absolute Gasteiger partial charge is 0.198 e. The van der Waals surface area contributed by atoms with Gasteiger partial charge >= 0.3 is 0 Å². The predicted octanol–water partition coefficient (Wildman–Crippen LogP) is 5.27. The zero-order valence-corrected chi connectivity index (χ0v) is 11.0. The van der Waals surface area contributed by atoms with Gasteiger partial charge in [0.15, 0.2) is 0 Å². The van der Waals surface area contributed by atoms with E-state index in [1.807, 2.05) is 0 Å². The topological polar surface area (TPSA) is 23.8 Å². The minimum atomic E-state index is 0.00837. The van der Waals surface area contributed by atoms with Gasteiger partial charge in [0, 0.05) is 5.92 Å². The van der Waals surface area contributed by atoms with E-state index in [9.17, 15) is 0 Å². The third kappa shape index (κ3) is 11.6. The third-order valence-electron chi connectivity index (χ3n) is 3.09. The van der Waals surface area contributed by atoms with Gasteiger partial charge in [-0.25, -0.2) is 0 Å². The molecule has 16 heavy (non-hydrogen) atoms. The Hall–Kier alpha value is -0.510. The van der Waals surface area contributed by atoms with E-state index in [1.54, 1.807) is 0 Å². The third-order valence-corrected chi connectivity index (χ3v) is 3.09. The quantitative estimate of drug-likeness (QED) is 0.437. The van der Waals surface area contributed by atoms with E-state index in [0.29, 0.717) is 0 Å². The fourth-order valence-corrected chi connectivity index (χ4v) is 1.94. The molecule has 0 heterocycles. The normalized spacial score (nSPS) is 12.3. The number of hydrogen-bond acceptors (Lipinski definition) is 1. The Morgan fingerprint density at radius 3 is 1.75 bits per heavy atom. The molecule has 0 N–H and O–H groups in total. The Kier molecular flexibility index (Phi) is 12.2. The molecule has 0 aliphatic heterocycles. The summed E-state index contributed by atoms with van der Waals surface area (Å²) in [7, 11) is 0. The molecule has 0 aromatic carbocycles. The van der Waals surface area contributed by atoms with Crippen LogP contribution in [0, 0.1) is 24.2 Å². The van der Waals surface area contributed by atoms with Gasteiger partial charge in [-0.2, -0.15) is 5.26 Å². The van der Waals surface area contributed by atoms with Gasteiger partial charge in [-0.3, -0.25) is 0 Å². The summed E-state index contributed by atoms with van der Waals surface area (Å²) in [6.45, 7) is 6.03. The molecule has 1 atom stereocenters. The SMILES string of the molecule is [CH2]C(C#N)CCCCCCCCCCCC. The van der Waals surface area contributed by atoms with Gasteiger partial charge in [0.1, 0.15) is 0 Å². The van der Waals surface area contributed by atoms with E-state index < -0.39 is 0 Å². The first-order valence-electron chi connectivity index (χ1n) is 7.04. The van der Waals surface area contributed by atoms with Crippen LogP contribution >= 0.6 is 0 Å². The highest BCUT2D eigenvalue weighted by Gasteiger charge is 1.98. The number of rotatable bonds is 11. The Morgan fingerprint density at radius 1 is 0.875 bits per heavy atom. The van der Waals surface area contributed by atoms with Crippen LogP contribution in [0.4, 0.5) is 0 Å². The van der Waals surface area contributed by atoms with Gasteiger partial charge in [0.05, 0.1) is 6.07 Å². The fraction of sp³-hybridized carbons (Fsp3) is 0.867. The lowest BCUT2D eigenvalue weighted by Crippen LogP contribution is -1.90. The zero-order valence-electron chi connectivity index (χ0n) is 11.0. The molecule has 0 aliphatic rings. The molecule has 1 heteroatoms. The van der Waals surface area contributed by atoms with Crippen LogP contribution in [0.15, 0.2) is 0 Å². The summed E-state index contributed by atoms with van der Waals surface area (Å²) in [4.78, 5) is 0. The molecular weight excluding hydrogens is 194 g/mol.